The molecule has 0 fully saturated rings. The van der Waals surface area contributed by atoms with E-state index in [0.717, 1.165) is 0 Å². The van der Waals surface area contributed by atoms with Gasteiger partial charge in [-0.2, -0.15) is 0 Å². The highest BCUT2D eigenvalue weighted by Gasteiger charge is 2.15. The lowest BCUT2D eigenvalue weighted by atomic mass is 10.1. The Morgan fingerprint density at radius 2 is 2.05 bits per heavy atom. The van der Waals surface area contributed by atoms with Gasteiger partial charge in [-0.3, -0.25) is 24.5 Å². The lowest BCUT2D eigenvalue weighted by Crippen LogP contribution is -2.32. The molecule has 0 unspecified atom stereocenters. The van der Waals surface area contributed by atoms with Gasteiger partial charge in [-0.05, 0) is 6.42 Å². The van der Waals surface area contributed by atoms with Crippen molar-refractivity contribution in [2.75, 3.05) is 5.73 Å². The molecule has 8 heteroatoms. The number of aryl methyl sites for hydroxylation is 1. The van der Waals surface area contributed by atoms with Gasteiger partial charge in [0, 0.05) is 23.4 Å². The van der Waals surface area contributed by atoms with Crippen molar-refractivity contribution < 1.29 is 4.92 Å². The predicted molar refractivity (Wildman–Crippen MR) is 77.3 cm³/mol. The van der Waals surface area contributed by atoms with E-state index in [4.69, 9.17) is 5.73 Å². The zero-order valence-electron chi connectivity index (χ0n) is 11.3. The van der Waals surface area contributed by atoms with Crippen LogP contribution in [0.2, 0.25) is 0 Å². The molecule has 0 aliphatic rings. The highest BCUT2D eigenvalue weighted by Crippen LogP contribution is 2.25. The Kier molecular flexibility index (Phi) is 3.88. The molecule has 0 amide bonds. The Labute approximate surface area is 119 Å². The van der Waals surface area contributed by atoms with E-state index in [2.05, 4.69) is 4.98 Å². The number of hydrogen-bond acceptors (Lipinski definition) is 5. The van der Waals surface area contributed by atoms with E-state index in [1.807, 2.05) is 0 Å². The van der Waals surface area contributed by atoms with E-state index in [1.54, 1.807) is 13.0 Å². The first-order valence-corrected chi connectivity index (χ1v) is 6.28. The largest absolute Gasteiger partial charge is 0.393 e. The summed E-state index contributed by atoms with van der Waals surface area (Å²) in [5, 5.41) is 10.8. The molecule has 1 aromatic carbocycles. The molecule has 8 nitrogen and oxygen atoms in total. The molecule has 110 valence electrons. The molecule has 1 heterocycles. The molecule has 21 heavy (non-hydrogen) atoms. The molecule has 0 bridgehead atoms. The summed E-state index contributed by atoms with van der Waals surface area (Å²) in [5.74, 6) is 0. The van der Waals surface area contributed by atoms with Crippen molar-refractivity contribution in [3.63, 3.8) is 0 Å². The molecule has 0 saturated heterocycles. The standard InChI is InChI=1S/C13H14N4O4/c1-2-8-6-16(13(19)15-12(8)18)7-9-4-3-5-10(11(9)14)17(20)21/h3-6H,2,7,14H2,1H3,(H,15,18,19). The Morgan fingerprint density at radius 3 is 2.67 bits per heavy atom. The lowest BCUT2D eigenvalue weighted by molar-refractivity contribution is -0.383. The molecule has 0 saturated carbocycles. The first-order valence-electron chi connectivity index (χ1n) is 6.28. The maximum Gasteiger partial charge on any atom is 0.328 e. The smallest absolute Gasteiger partial charge is 0.328 e. The first kappa shape index (κ1) is 14.5. The number of nitrogens with one attached hydrogen (secondary N) is 1. The van der Waals surface area contributed by atoms with Crippen LogP contribution in [0.15, 0.2) is 34.0 Å². The number of nitrogens with two attached hydrogens (primary N) is 1. The molecule has 0 radical (unpaired) electrons. The fourth-order valence-electron chi connectivity index (χ4n) is 2.00. The summed E-state index contributed by atoms with van der Waals surface area (Å²) in [6, 6.07) is 4.40. The van der Waals surface area contributed by atoms with E-state index in [0.29, 0.717) is 17.5 Å². The molecule has 0 aliphatic heterocycles. The van der Waals surface area contributed by atoms with Crippen LogP contribution in [0.4, 0.5) is 11.4 Å². The Bertz CT molecular complexity index is 807. The lowest BCUT2D eigenvalue weighted by Gasteiger charge is -2.09. The third-order valence-electron chi connectivity index (χ3n) is 3.18. The van der Waals surface area contributed by atoms with Gasteiger partial charge in [0.15, 0.2) is 0 Å². The third-order valence-corrected chi connectivity index (χ3v) is 3.18. The summed E-state index contributed by atoms with van der Waals surface area (Å²) in [6.07, 6.45) is 1.92. The van der Waals surface area contributed by atoms with Gasteiger partial charge in [0.2, 0.25) is 0 Å². The Balaban J connectivity index is 2.48. The summed E-state index contributed by atoms with van der Waals surface area (Å²) in [5.41, 5.74) is 5.45. The van der Waals surface area contributed by atoms with Crippen LogP contribution in [0.1, 0.15) is 18.1 Å². The fourth-order valence-corrected chi connectivity index (χ4v) is 2.00. The number of hydrogen-bond donors (Lipinski definition) is 2. The quantitative estimate of drug-likeness (QED) is 0.485. The normalized spacial score (nSPS) is 10.5. The van der Waals surface area contributed by atoms with Crippen molar-refractivity contribution in [1.29, 1.82) is 0 Å². The van der Waals surface area contributed by atoms with E-state index in [9.17, 15) is 19.7 Å². The number of nitro benzene ring substituents is 1. The van der Waals surface area contributed by atoms with Crippen molar-refractivity contribution >= 4 is 11.4 Å². The summed E-state index contributed by atoms with van der Waals surface area (Å²) in [6.45, 7) is 1.84. The van der Waals surface area contributed by atoms with Crippen LogP contribution in [-0.4, -0.2) is 14.5 Å². The number of aromatic amines is 1. The zero-order valence-corrected chi connectivity index (χ0v) is 11.3. The van der Waals surface area contributed by atoms with Crippen molar-refractivity contribution in [3.05, 3.63) is 66.5 Å². The van der Waals surface area contributed by atoms with Gasteiger partial charge in [-0.25, -0.2) is 4.79 Å². The van der Waals surface area contributed by atoms with Crippen LogP contribution in [0.25, 0.3) is 0 Å². The minimum atomic E-state index is -0.580. The number of H-pyrrole nitrogens is 1. The number of rotatable bonds is 4. The number of para-hydroxylation sites is 1. The fraction of sp³-hybridized carbons (Fsp3) is 0.231. The van der Waals surface area contributed by atoms with Crippen LogP contribution in [0, 0.1) is 10.1 Å². The van der Waals surface area contributed by atoms with Gasteiger partial charge in [-0.1, -0.05) is 19.1 Å². The average Bonchev–Trinajstić information content (AvgIpc) is 2.43. The van der Waals surface area contributed by atoms with Crippen molar-refractivity contribution in [3.8, 4) is 0 Å². The maximum atomic E-state index is 11.8. The monoisotopic (exact) mass is 290 g/mol. The van der Waals surface area contributed by atoms with Gasteiger partial charge in [0.1, 0.15) is 5.69 Å². The van der Waals surface area contributed by atoms with Crippen LogP contribution in [-0.2, 0) is 13.0 Å². The number of anilines is 1. The number of aromatic nitrogens is 2. The second-order valence-electron chi connectivity index (χ2n) is 4.50. The van der Waals surface area contributed by atoms with Gasteiger partial charge in [0.25, 0.3) is 11.2 Å². The topological polar surface area (TPSA) is 124 Å². The van der Waals surface area contributed by atoms with Crippen molar-refractivity contribution in [2.45, 2.75) is 19.9 Å². The van der Waals surface area contributed by atoms with E-state index in [1.165, 1.54) is 22.9 Å². The van der Waals surface area contributed by atoms with Crippen LogP contribution in [0.5, 0.6) is 0 Å². The van der Waals surface area contributed by atoms with Gasteiger partial charge in [-0.15, -0.1) is 0 Å². The van der Waals surface area contributed by atoms with Crippen molar-refractivity contribution in [1.82, 2.24) is 9.55 Å². The van der Waals surface area contributed by atoms with Crippen LogP contribution >= 0.6 is 0 Å². The minimum absolute atomic E-state index is 0.0126. The van der Waals surface area contributed by atoms with E-state index < -0.39 is 16.2 Å². The number of nitro groups is 1. The average molecular weight is 290 g/mol. The maximum absolute atomic E-state index is 11.8. The summed E-state index contributed by atoms with van der Waals surface area (Å²) in [4.78, 5) is 35.8. The van der Waals surface area contributed by atoms with Gasteiger partial charge in [0.05, 0.1) is 11.5 Å². The third kappa shape index (κ3) is 2.83. The Hall–Kier alpha value is -2.90. The molecule has 2 aromatic rings. The van der Waals surface area contributed by atoms with E-state index in [-0.39, 0.29) is 17.9 Å². The van der Waals surface area contributed by atoms with Crippen molar-refractivity contribution in [2.24, 2.45) is 0 Å². The summed E-state index contributed by atoms with van der Waals surface area (Å²) >= 11 is 0. The number of benzene rings is 1. The zero-order chi connectivity index (χ0) is 15.6. The second kappa shape index (κ2) is 5.61. The molecular formula is C13H14N4O4. The molecule has 1 aromatic heterocycles. The molecular weight excluding hydrogens is 276 g/mol. The second-order valence-corrected chi connectivity index (χ2v) is 4.50. The molecule has 0 spiro atoms. The van der Waals surface area contributed by atoms with Crippen LogP contribution in [0.3, 0.4) is 0 Å². The predicted octanol–water partition coefficient (Wildman–Crippen LogP) is 0.638. The van der Waals surface area contributed by atoms with Gasteiger partial charge < -0.3 is 5.73 Å². The van der Waals surface area contributed by atoms with Gasteiger partial charge >= 0.3 is 5.69 Å². The molecule has 0 atom stereocenters. The highest BCUT2D eigenvalue weighted by molar-refractivity contribution is 5.63. The number of nitrogens with zero attached hydrogens (tertiary/aromatic N) is 2. The Morgan fingerprint density at radius 1 is 1.33 bits per heavy atom. The SMILES string of the molecule is CCc1cn(Cc2cccc([N+](=O)[O-])c2N)c(=O)[nH]c1=O. The molecule has 0 aliphatic carbocycles. The number of nitrogen functional groups attached to an aromatic ring is 1. The van der Waals surface area contributed by atoms with Crippen LogP contribution < -0.4 is 17.0 Å². The molecule has 2 rings (SSSR count). The van der Waals surface area contributed by atoms with E-state index >= 15 is 0 Å². The molecule has 3 N–H and O–H groups in total. The summed E-state index contributed by atoms with van der Waals surface area (Å²) < 4.78 is 1.27. The minimum Gasteiger partial charge on any atom is -0.393 e. The highest BCUT2D eigenvalue weighted by atomic mass is 16.6. The summed E-state index contributed by atoms with van der Waals surface area (Å²) in [7, 11) is 0. The first-order chi connectivity index (χ1) is 9.93.